The van der Waals surface area contributed by atoms with Crippen molar-refractivity contribution in [1.82, 2.24) is 0 Å². The molecule has 0 amide bonds. The third-order valence-corrected chi connectivity index (χ3v) is 3.81. The quantitative estimate of drug-likeness (QED) is 0.907. The summed E-state index contributed by atoms with van der Waals surface area (Å²) in [6.07, 6.45) is -0.289. The van der Waals surface area contributed by atoms with Gasteiger partial charge >= 0.3 is 0 Å². The van der Waals surface area contributed by atoms with E-state index < -0.39 is 17.7 Å². The van der Waals surface area contributed by atoms with Crippen molar-refractivity contribution in [2.75, 3.05) is 0 Å². The van der Waals surface area contributed by atoms with E-state index in [0.717, 1.165) is 10.9 Å². The van der Waals surface area contributed by atoms with Crippen LogP contribution in [0.1, 0.15) is 10.4 Å². The molecule has 0 bridgehead atoms. The Morgan fingerprint density at radius 2 is 1.94 bits per heavy atom. The van der Waals surface area contributed by atoms with Gasteiger partial charge in [0.15, 0.2) is 11.6 Å². The molecule has 1 aromatic heterocycles. The van der Waals surface area contributed by atoms with Crippen molar-refractivity contribution in [2.45, 2.75) is 18.9 Å². The Kier molecular flexibility index (Phi) is 4.32. The Bertz CT molecular complexity index is 542. The number of aliphatic hydroxyl groups is 1. The van der Waals surface area contributed by atoms with Gasteiger partial charge in [-0.25, -0.2) is 8.78 Å². The van der Waals surface area contributed by atoms with Gasteiger partial charge in [-0.05, 0) is 23.8 Å². The van der Waals surface area contributed by atoms with Crippen molar-refractivity contribution in [3.8, 4) is 0 Å². The van der Waals surface area contributed by atoms with E-state index >= 15 is 0 Å². The summed E-state index contributed by atoms with van der Waals surface area (Å²) >= 11 is 7.15. The maximum Gasteiger partial charge on any atom is 0.162 e. The topological polar surface area (TPSA) is 20.2 Å². The fourth-order valence-electron chi connectivity index (χ4n) is 1.73. The van der Waals surface area contributed by atoms with Crippen LogP contribution in [-0.2, 0) is 12.8 Å². The molecule has 1 heterocycles. The van der Waals surface area contributed by atoms with Gasteiger partial charge in [0.05, 0.1) is 10.4 Å². The zero-order valence-corrected chi connectivity index (χ0v) is 10.9. The molecule has 0 radical (unpaired) electrons. The summed E-state index contributed by atoms with van der Waals surface area (Å²) in [5.74, 6) is -1.78. The van der Waals surface area contributed by atoms with Gasteiger partial charge in [0.25, 0.3) is 0 Å². The minimum atomic E-state index is -0.890. The molecule has 0 spiro atoms. The second kappa shape index (κ2) is 5.78. The zero-order chi connectivity index (χ0) is 13.1. The molecule has 5 heteroatoms. The lowest BCUT2D eigenvalue weighted by atomic mass is 10.0. The average molecular weight is 289 g/mol. The van der Waals surface area contributed by atoms with Crippen molar-refractivity contribution < 1.29 is 13.9 Å². The van der Waals surface area contributed by atoms with Gasteiger partial charge < -0.3 is 5.11 Å². The molecule has 0 fully saturated rings. The average Bonchev–Trinajstić information content (AvgIpc) is 2.70. The Labute approximate surface area is 113 Å². The number of rotatable bonds is 4. The minimum Gasteiger partial charge on any atom is -0.392 e. The van der Waals surface area contributed by atoms with Gasteiger partial charge in [0, 0.05) is 17.7 Å². The van der Waals surface area contributed by atoms with Crippen LogP contribution in [0.3, 0.4) is 0 Å². The summed E-state index contributed by atoms with van der Waals surface area (Å²) in [6.45, 7) is 0. The lowest BCUT2D eigenvalue weighted by Crippen LogP contribution is -2.14. The zero-order valence-electron chi connectivity index (χ0n) is 9.37. The van der Waals surface area contributed by atoms with Crippen LogP contribution in [0.5, 0.6) is 0 Å². The molecule has 0 aliphatic heterocycles. The van der Waals surface area contributed by atoms with Crippen LogP contribution < -0.4 is 0 Å². The molecular weight excluding hydrogens is 278 g/mol. The first-order valence-corrected chi connectivity index (χ1v) is 6.61. The second-order valence-corrected chi connectivity index (χ2v) is 5.78. The van der Waals surface area contributed by atoms with E-state index in [1.807, 2.05) is 6.07 Å². The van der Waals surface area contributed by atoms with Gasteiger partial charge in [-0.15, -0.1) is 11.3 Å². The number of halogens is 3. The van der Waals surface area contributed by atoms with Crippen LogP contribution in [0.25, 0.3) is 0 Å². The van der Waals surface area contributed by atoms with E-state index in [1.54, 1.807) is 6.07 Å². The van der Waals surface area contributed by atoms with Crippen LogP contribution in [0.4, 0.5) is 8.78 Å². The number of hydrogen-bond acceptors (Lipinski definition) is 2. The molecule has 1 unspecified atom stereocenters. The Hall–Kier alpha value is -0.970. The summed E-state index contributed by atoms with van der Waals surface area (Å²) in [4.78, 5) is 0.921. The Morgan fingerprint density at radius 3 is 2.61 bits per heavy atom. The van der Waals surface area contributed by atoms with Crippen LogP contribution >= 0.6 is 22.9 Å². The molecule has 2 rings (SSSR count). The molecule has 96 valence electrons. The highest BCUT2D eigenvalue weighted by Gasteiger charge is 2.13. The van der Waals surface area contributed by atoms with Crippen LogP contribution in [0, 0.1) is 11.6 Å². The first kappa shape index (κ1) is 13.5. The Morgan fingerprint density at radius 1 is 1.17 bits per heavy atom. The molecule has 0 aliphatic carbocycles. The van der Waals surface area contributed by atoms with Crippen LogP contribution in [0.15, 0.2) is 30.3 Å². The van der Waals surface area contributed by atoms with Crippen molar-refractivity contribution in [1.29, 1.82) is 0 Å². The third-order valence-electron chi connectivity index (χ3n) is 2.55. The van der Waals surface area contributed by atoms with Crippen LogP contribution in [-0.4, -0.2) is 11.2 Å². The number of thiophene rings is 1. The van der Waals surface area contributed by atoms with Crippen LogP contribution in [0.2, 0.25) is 4.34 Å². The molecule has 1 nitrogen and oxygen atoms in total. The lowest BCUT2D eigenvalue weighted by molar-refractivity contribution is 0.175. The largest absolute Gasteiger partial charge is 0.392 e. The van der Waals surface area contributed by atoms with E-state index in [-0.39, 0.29) is 12.0 Å². The SMILES string of the molecule is OC(Cc1ccc(Cl)s1)Cc1cccc(F)c1F. The van der Waals surface area contributed by atoms with Crippen molar-refractivity contribution >= 4 is 22.9 Å². The molecule has 0 saturated heterocycles. The highest BCUT2D eigenvalue weighted by molar-refractivity contribution is 7.16. The summed E-state index contributed by atoms with van der Waals surface area (Å²) in [5.41, 5.74) is 0.185. The summed E-state index contributed by atoms with van der Waals surface area (Å²) in [7, 11) is 0. The molecule has 0 saturated carbocycles. The second-order valence-electron chi connectivity index (χ2n) is 3.98. The number of aliphatic hydroxyl groups excluding tert-OH is 1. The molecule has 2 aromatic rings. The predicted molar refractivity (Wildman–Crippen MR) is 69.1 cm³/mol. The molecule has 1 aromatic carbocycles. The summed E-state index contributed by atoms with van der Waals surface area (Å²) in [6, 6.07) is 7.53. The highest BCUT2D eigenvalue weighted by atomic mass is 35.5. The van der Waals surface area contributed by atoms with Gasteiger partial charge in [0.1, 0.15) is 0 Å². The maximum atomic E-state index is 13.4. The van der Waals surface area contributed by atoms with Gasteiger partial charge in [-0.2, -0.15) is 0 Å². The van der Waals surface area contributed by atoms with E-state index in [4.69, 9.17) is 11.6 Å². The first-order chi connectivity index (χ1) is 8.56. The Balaban J connectivity index is 2.03. The van der Waals surface area contributed by atoms with Crippen molar-refractivity contribution in [2.24, 2.45) is 0 Å². The molecule has 1 N–H and O–H groups in total. The smallest absolute Gasteiger partial charge is 0.162 e. The first-order valence-electron chi connectivity index (χ1n) is 5.41. The number of benzene rings is 1. The van der Waals surface area contributed by atoms with Crippen molar-refractivity contribution in [3.63, 3.8) is 0 Å². The van der Waals surface area contributed by atoms with E-state index in [0.29, 0.717) is 10.8 Å². The van der Waals surface area contributed by atoms with Crippen molar-refractivity contribution in [3.05, 3.63) is 56.7 Å². The lowest BCUT2D eigenvalue weighted by Gasteiger charge is -2.10. The molecule has 0 aliphatic rings. The minimum absolute atomic E-state index is 0.0825. The monoisotopic (exact) mass is 288 g/mol. The van der Waals surface area contributed by atoms with Gasteiger partial charge in [-0.3, -0.25) is 0 Å². The van der Waals surface area contributed by atoms with Gasteiger partial charge in [-0.1, -0.05) is 23.7 Å². The highest BCUT2D eigenvalue weighted by Crippen LogP contribution is 2.23. The molecular formula is C13H11ClF2OS. The predicted octanol–water partition coefficient (Wildman–Crippen LogP) is 3.83. The standard InChI is InChI=1S/C13H11ClF2OS/c14-12-5-4-10(18-12)7-9(17)6-8-2-1-3-11(15)13(8)16/h1-5,9,17H,6-7H2. The third kappa shape index (κ3) is 3.28. The summed E-state index contributed by atoms with van der Waals surface area (Å²) < 4.78 is 27.0. The molecule has 1 atom stereocenters. The van der Waals surface area contributed by atoms with E-state index in [1.165, 1.54) is 23.5 Å². The summed E-state index contributed by atoms with van der Waals surface area (Å²) in [5, 5.41) is 9.86. The molecule has 18 heavy (non-hydrogen) atoms. The fraction of sp³-hybridized carbons (Fsp3) is 0.231. The van der Waals surface area contributed by atoms with E-state index in [2.05, 4.69) is 0 Å². The normalized spacial score (nSPS) is 12.7. The van der Waals surface area contributed by atoms with E-state index in [9.17, 15) is 13.9 Å². The van der Waals surface area contributed by atoms with Gasteiger partial charge in [0.2, 0.25) is 0 Å². The maximum absolute atomic E-state index is 13.4. The number of hydrogen-bond donors (Lipinski definition) is 1. The fourth-order valence-corrected chi connectivity index (χ4v) is 2.88.